The quantitative estimate of drug-likeness (QED) is 0.660. The molecule has 1 aliphatic rings. The van der Waals surface area contributed by atoms with Crippen LogP contribution in [0.3, 0.4) is 0 Å². The van der Waals surface area contributed by atoms with Crippen LogP contribution >= 0.6 is 0 Å². The van der Waals surface area contributed by atoms with E-state index in [0.717, 1.165) is 51.6 Å². The van der Waals surface area contributed by atoms with Gasteiger partial charge >= 0.3 is 0 Å². The van der Waals surface area contributed by atoms with Gasteiger partial charge < -0.3 is 20.1 Å². The Morgan fingerprint density at radius 3 is 2.36 bits per heavy atom. The van der Waals surface area contributed by atoms with Crippen molar-refractivity contribution >= 4 is 0 Å². The molecule has 1 heterocycles. The molecule has 0 amide bonds. The van der Waals surface area contributed by atoms with E-state index < -0.39 is 6.10 Å². The number of likely N-dealkylation sites (N-methyl/N-ethyl adjacent to an activating group) is 1. The molecule has 0 saturated carbocycles. The van der Waals surface area contributed by atoms with Gasteiger partial charge in [-0.1, -0.05) is 49.4 Å². The van der Waals surface area contributed by atoms with Crippen molar-refractivity contribution < 1.29 is 9.84 Å². The topological polar surface area (TPSA) is 48.0 Å². The predicted octanol–water partition coefficient (Wildman–Crippen LogP) is 2.35. The highest BCUT2D eigenvalue weighted by Gasteiger charge is 2.18. The van der Waals surface area contributed by atoms with Crippen LogP contribution in [0.1, 0.15) is 18.1 Å². The van der Waals surface area contributed by atoms with Gasteiger partial charge in [-0.3, -0.25) is 4.90 Å². The average molecular weight is 384 g/mol. The summed E-state index contributed by atoms with van der Waals surface area (Å²) in [6.07, 6.45) is -0.465. The maximum absolute atomic E-state index is 10.3. The molecule has 0 spiro atoms. The fourth-order valence-electron chi connectivity index (χ4n) is 3.52. The van der Waals surface area contributed by atoms with E-state index in [0.29, 0.717) is 13.2 Å². The Morgan fingerprint density at radius 1 is 0.929 bits per heavy atom. The first-order valence-corrected chi connectivity index (χ1v) is 10.3. The number of hydrogen-bond donors (Lipinski definition) is 2. The standard InChI is InChI=1S/C23H33N3O2/c1-2-25-11-13-26(14-12-25)18-22(27)19-28-23-10-6-9-21(15-23)17-24-16-20-7-4-3-5-8-20/h3-10,15,22,24,27H,2,11-14,16-19H2,1H3/t22-/m0/s1. The first kappa shape index (κ1) is 20.8. The Bertz CT molecular complexity index is 687. The van der Waals surface area contributed by atoms with Crippen LogP contribution in [0.2, 0.25) is 0 Å². The van der Waals surface area contributed by atoms with Gasteiger partial charge in [0.1, 0.15) is 18.5 Å². The molecule has 1 fully saturated rings. The number of rotatable bonds is 10. The lowest BCUT2D eigenvalue weighted by Crippen LogP contribution is -2.49. The van der Waals surface area contributed by atoms with Gasteiger partial charge in [0, 0.05) is 45.8 Å². The summed E-state index contributed by atoms with van der Waals surface area (Å²) in [6, 6.07) is 18.5. The number of aliphatic hydroxyl groups is 1. The smallest absolute Gasteiger partial charge is 0.119 e. The minimum Gasteiger partial charge on any atom is -0.491 e. The molecule has 0 aliphatic carbocycles. The molecule has 0 unspecified atom stereocenters. The van der Waals surface area contributed by atoms with Crippen LogP contribution in [0, 0.1) is 0 Å². The maximum atomic E-state index is 10.3. The highest BCUT2D eigenvalue weighted by molar-refractivity contribution is 5.28. The number of nitrogens with one attached hydrogen (secondary N) is 1. The fourth-order valence-corrected chi connectivity index (χ4v) is 3.52. The fraction of sp³-hybridized carbons (Fsp3) is 0.478. The van der Waals surface area contributed by atoms with Crippen LogP contribution < -0.4 is 10.1 Å². The van der Waals surface area contributed by atoms with Crippen molar-refractivity contribution in [3.8, 4) is 5.75 Å². The maximum Gasteiger partial charge on any atom is 0.119 e. The summed E-state index contributed by atoms with van der Waals surface area (Å²) in [5.41, 5.74) is 2.46. The highest BCUT2D eigenvalue weighted by atomic mass is 16.5. The Balaban J connectivity index is 1.38. The first-order valence-electron chi connectivity index (χ1n) is 10.3. The summed E-state index contributed by atoms with van der Waals surface area (Å²) in [7, 11) is 0. The van der Waals surface area contributed by atoms with Gasteiger partial charge in [0.2, 0.25) is 0 Å². The second-order valence-electron chi connectivity index (χ2n) is 7.44. The summed E-state index contributed by atoms with van der Waals surface area (Å²) in [5, 5.41) is 13.8. The molecule has 1 saturated heterocycles. The lowest BCUT2D eigenvalue weighted by atomic mass is 10.2. The van der Waals surface area contributed by atoms with Gasteiger partial charge in [0.05, 0.1) is 0 Å². The molecule has 2 N–H and O–H groups in total. The molecule has 1 aliphatic heterocycles. The van der Waals surface area contributed by atoms with E-state index in [-0.39, 0.29) is 0 Å². The van der Waals surface area contributed by atoms with E-state index in [2.05, 4.69) is 52.4 Å². The zero-order chi connectivity index (χ0) is 19.6. The second kappa shape index (κ2) is 11.2. The van der Waals surface area contributed by atoms with Gasteiger partial charge in [-0.05, 0) is 29.8 Å². The van der Waals surface area contributed by atoms with Crippen molar-refractivity contribution in [1.82, 2.24) is 15.1 Å². The van der Waals surface area contributed by atoms with Crippen molar-refractivity contribution in [2.24, 2.45) is 0 Å². The third-order valence-corrected chi connectivity index (χ3v) is 5.22. The highest BCUT2D eigenvalue weighted by Crippen LogP contribution is 2.14. The summed E-state index contributed by atoms with van der Waals surface area (Å²) in [6.45, 7) is 10.2. The summed E-state index contributed by atoms with van der Waals surface area (Å²) in [4.78, 5) is 4.76. The molecule has 0 bridgehead atoms. The van der Waals surface area contributed by atoms with E-state index in [1.54, 1.807) is 0 Å². The molecule has 2 aromatic carbocycles. The van der Waals surface area contributed by atoms with Crippen molar-refractivity contribution in [1.29, 1.82) is 0 Å². The molecule has 5 heteroatoms. The number of ether oxygens (including phenoxy) is 1. The van der Waals surface area contributed by atoms with Gasteiger partial charge in [0.15, 0.2) is 0 Å². The Kier molecular flexibility index (Phi) is 8.30. The monoisotopic (exact) mass is 383 g/mol. The van der Waals surface area contributed by atoms with E-state index in [1.165, 1.54) is 11.1 Å². The van der Waals surface area contributed by atoms with E-state index >= 15 is 0 Å². The third kappa shape index (κ3) is 6.91. The first-order chi connectivity index (χ1) is 13.7. The minimum atomic E-state index is -0.465. The number of benzene rings is 2. The largest absolute Gasteiger partial charge is 0.491 e. The van der Waals surface area contributed by atoms with E-state index in [9.17, 15) is 5.11 Å². The number of nitrogens with zero attached hydrogens (tertiary/aromatic N) is 2. The van der Waals surface area contributed by atoms with Crippen LogP contribution in [-0.4, -0.2) is 66.9 Å². The molecular weight excluding hydrogens is 350 g/mol. The van der Waals surface area contributed by atoms with Gasteiger partial charge in [-0.25, -0.2) is 0 Å². The Morgan fingerprint density at radius 2 is 1.61 bits per heavy atom. The van der Waals surface area contributed by atoms with Crippen LogP contribution in [0.4, 0.5) is 0 Å². The van der Waals surface area contributed by atoms with Gasteiger partial charge in [-0.2, -0.15) is 0 Å². The SMILES string of the molecule is CCN1CCN(C[C@H](O)COc2cccc(CNCc3ccccc3)c2)CC1. The molecular formula is C23H33N3O2. The molecule has 3 rings (SSSR count). The number of piperazine rings is 1. The summed E-state index contributed by atoms with van der Waals surface area (Å²) in [5.74, 6) is 0.814. The normalized spacial score (nSPS) is 16.8. The Hall–Kier alpha value is -1.92. The second-order valence-corrected chi connectivity index (χ2v) is 7.44. The van der Waals surface area contributed by atoms with Crippen molar-refractivity contribution in [2.75, 3.05) is 45.9 Å². The molecule has 1 atom stereocenters. The number of β-amino-alcohol motifs (C(OH)–C–C–N with tert-alkyl or cyclic N) is 1. The van der Waals surface area contributed by atoms with Crippen LogP contribution in [0.25, 0.3) is 0 Å². The van der Waals surface area contributed by atoms with Crippen molar-refractivity contribution in [3.63, 3.8) is 0 Å². The number of aliphatic hydroxyl groups excluding tert-OH is 1. The van der Waals surface area contributed by atoms with Gasteiger partial charge in [0.25, 0.3) is 0 Å². The lowest BCUT2D eigenvalue weighted by molar-refractivity contribution is 0.0471. The number of hydrogen-bond acceptors (Lipinski definition) is 5. The van der Waals surface area contributed by atoms with Crippen LogP contribution in [0.5, 0.6) is 5.75 Å². The van der Waals surface area contributed by atoms with Crippen LogP contribution in [0.15, 0.2) is 54.6 Å². The zero-order valence-electron chi connectivity index (χ0n) is 16.9. The van der Waals surface area contributed by atoms with Crippen LogP contribution in [-0.2, 0) is 13.1 Å². The van der Waals surface area contributed by atoms with Crippen molar-refractivity contribution in [2.45, 2.75) is 26.1 Å². The minimum absolute atomic E-state index is 0.328. The summed E-state index contributed by atoms with van der Waals surface area (Å²) < 4.78 is 5.84. The van der Waals surface area contributed by atoms with Crippen molar-refractivity contribution in [3.05, 3.63) is 65.7 Å². The predicted molar refractivity (Wildman–Crippen MR) is 113 cm³/mol. The van der Waals surface area contributed by atoms with E-state index in [4.69, 9.17) is 4.74 Å². The summed E-state index contributed by atoms with van der Waals surface area (Å²) >= 11 is 0. The molecule has 0 radical (unpaired) electrons. The lowest BCUT2D eigenvalue weighted by Gasteiger charge is -2.34. The average Bonchev–Trinajstić information content (AvgIpc) is 2.74. The molecule has 152 valence electrons. The third-order valence-electron chi connectivity index (χ3n) is 5.22. The molecule has 0 aromatic heterocycles. The molecule has 2 aromatic rings. The zero-order valence-corrected chi connectivity index (χ0v) is 16.9. The molecule has 5 nitrogen and oxygen atoms in total. The van der Waals surface area contributed by atoms with Gasteiger partial charge in [-0.15, -0.1) is 0 Å². The van der Waals surface area contributed by atoms with E-state index in [1.807, 2.05) is 24.3 Å². The molecule has 28 heavy (non-hydrogen) atoms. The Labute approximate surface area is 168 Å².